The zero-order chi connectivity index (χ0) is 22.5. The number of carbonyl (C=O) groups is 1. The van der Waals surface area contributed by atoms with Gasteiger partial charge in [-0.15, -0.1) is 0 Å². The molecule has 0 saturated heterocycles. The second kappa shape index (κ2) is 9.84. The first-order valence-electron chi connectivity index (χ1n) is 9.65. The van der Waals surface area contributed by atoms with Crippen LogP contribution in [0.5, 0.6) is 11.5 Å². The van der Waals surface area contributed by atoms with Crippen molar-refractivity contribution in [2.75, 3.05) is 31.3 Å². The van der Waals surface area contributed by atoms with Crippen molar-refractivity contribution in [3.05, 3.63) is 53.6 Å². The summed E-state index contributed by atoms with van der Waals surface area (Å²) in [4.78, 5) is 12.7. The van der Waals surface area contributed by atoms with Crippen molar-refractivity contribution in [2.45, 2.75) is 32.7 Å². The van der Waals surface area contributed by atoms with Gasteiger partial charge in [0.1, 0.15) is 18.0 Å². The van der Waals surface area contributed by atoms with Crippen molar-refractivity contribution in [3.8, 4) is 11.5 Å². The third-order valence-electron chi connectivity index (χ3n) is 4.82. The van der Waals surface area contributed by atoms with Crippen LogP contribution in [0, 0.1) is 0 Å². The van der Waals surface area contributed by atoms with E-state index in [0.29, 0.717) is 23.1 Å². The zero-order valence-electron chi connectivity index (χ0n) is 18.3. The highest BCUT2D eigenvalue weighted by atomic mass is 32.2. The van der Waals surface area contributed by atoms with Gasteiger partial charge in [-0.25, -0.2) is 8.42 Å². The monoisotopic (exact) mass is 434 g/mol. The van der Waals surface area contributed by atoms with E-state index in [1.54, 1.807) is 51.5 Å². The molecule has 1 atom stereocenters. The van der Waals surface area contributed by atoms with Gasteiger partial charge >= 0.3 is 0 Å². The van der Waals surface area contributed by atoms with Crippen LogP contribution < -0.4 is 19.1 Å². The number of anilines is 1. The topological polar surface area (TPSA) is 84.9 Å². The Morgan fingerprint density at radius 2 is 1.67 bits per heavy atom. The van der Waals surface area contributed by atoms with E-state index in [1.165, 1.54) is 0 Å². The molecule has 0 aliphatic heterocycles. The summed E-state index contributed by atoms with van der Waals surface area (Å²) in [5.41, 5.74) is 2.27. The maximum Gasteiger partial charge on any atom is 0.241 e. The van der Waals surface area contributed by atoms with Crippen molar-refractivity contribution in [1.82, 2.24) is 5.32 Å². The van der Waals surface area contributed by atoms with Crippen LogP contribution in [0.3, 0.4) is 0 Å². The molecule has 0 fully saturated rings. The van der Waals surface area contributed by atoms with Crippen LogP contribution in [-0.2, 0) is 14.8 Å². The number of carbonyl (C=O) groups excluding carboxylic acids is 1. The van der Waals surface area contributed by atoms with Crippen molar-refractivity contribution >= 4 is 21.6 Å². The molecule has 0 radical (unpaired) electrons. The van der Waals surface area contributed by atoms with Crippen molar-refractivity contribution < 1.29 is 22.7 Å². The SMILES string of the molecule is COc1ccc(OC)c([C@@H](C)NC(=O)CN(c2ccc(C(C)C)cc2)S(C)(=O)=O)c1. The molecule has 164 valence electrons. The highest BCUT2D eigenvalue weighted by Crippen LogP contribution is 2.29. The second-order valence-corrected chi connectivity index (χ2v) is 9.32. The summed E-state index contributed by atoms with van der Waals surface area (Å²) in [7, 11) is -0.536. The molecule has 30 heavy (non-hydrogen) atoms. The Morgan fingerprint density at radius 3 is 2.17 bits per heavy atom. The fourth-order valence-corrected chi connectivity index (χ4v) is 3.96. The molecular weight excluding hydrogens is 404 g/mol. The van der Waals surface area contributed by atoms with Crippen molar-refractivity contribution in [3.63, 3.8) is 0 Å². The molecule has 2 aromatic carbocycles. The molecule has 8 heteroatoms. The summed E-state index contributed by atoms with van der Waals surface area (Å²) in [6, 6.07) is 12.1. The highest BCUT2D eigenvalue weighted by molar-refractivity contribution is 7.92. The number of hydrogen-bond donors (Lipinski definition) is 1. The van der Waals surface area contributed by atoms with Crippen LogP contribution >= 0.6 is 0 Å². The van der Waals surface area contributed by atoms with Crippen LogP contribution in [-0.4, -0.2) is 41.3 Å². The molecule has 0 heterocycles. The van der Waals surface area contributed by atoms with Crippen molar-refractivity contribution in [2.24, 2.45) is 0 Å². The quantitative estimate of drug-likeness (QED) is 0.653. The zero-order valence-corrected chi connectivity index (χ0v) is 19.1. The minimum absolute atomic E-state index is 0.323. The maximum atomic E-state index is 12.7. The Kier molecular flexibility index (Phi) is 7.72. The van der Waals surface area contributed by atoms with Gasteiger partial charge in [-0.05, 0) is 48.7 Å². The fraction of sp³-hybridized carbons (Fsp3) is 0.409. The molecule has 0 aliphatic rings. The van der Waals surface area contributed by atoms with Crippen LogP contribution in [0.15, 0.2) is 42.5 Å². The molecular formula is C22H30N2O5S. The van der Waals surface area contributed by atoms with Gasteiger partial charge in [-0.1, -0.05) is 26.0 Å². The lowest BCUT2D eigenvalue weighted by molar-refractivity contribution is -0.120. The lowest BCUT2D eigenvalue weighted by Crippen LogP contribution is -2.41. The standard InChI is InChI=1S/C22H30N2O5S/c1-15(2)17-7-9-18(10-8-17)24(30(6,26)27)14-22(25)23-16(3)20-13-19(28-4)11-12-21(20)29-5/h7-13,15-16H,14H2,1-6H3,(H,23,25)/t16-/m1/s1. The molecule has 2 aromatic rings. The van der Waals surface area contributed by atoms with Crippen LogP contribution in [0.4, 0.5) is 5.69 Å². The van der Waals surface area contributed by atoms with Crippen LogP contribution in [0.25, 0.3) is 0 Å². The van der Waals surface area contributed by atoms with Gasteiger partial charge in [0.15, 0.2) is 0 Å². The smallest absolute Gasteiger partial charge is 0.241 e. The summed E-state index contributed by atoms with van der Waals surface area (Å²) >= 11 is 0. The van der Waals surface area contributed by atoms with Gasteiger partial charge in [-0.3, -0.25) is 9.10 Å². The molecule has 2 rings (SSSR count). The van der Waals surface area contributed by atoms with Gasteiger partial charge in [0, 0.05) is 5.56 Å². The minimum atomic E-state index is -3.64. The van der Waals surface area contributed by atoms with Gasteiger partial charge in [-0.2, -0.15) is 0 Å². The average molecular weight is 435 g/mol. The number of methoxy groups -OCH3 is 2. The number of rotatable bonds is 9. The number of nitrogens with zero attached hydrogens (tertiary/aromatic N) is 1. The summed E-state index contributed by atoms with van der Waals surface area (Å²) in [6.45, 7) is 5.60. The van der Waals surface area contributed by atoms with Crippen LogP contribution in [0.2, 0.25) is 0 Å². The minimum Gasteiger partial charge on any atom is -0.497 e. The van der Waals surface area contributed by atoms with E-state index in [0.717, 1.165) is 21.7 Å². The van der Waals surface area contributed by atoms with Crippen molar-refractivity contribution in [1.29, 1.82) is 0 Å². The third kappa shape index (κ3) is 5.89. The Labute approximate surface area is 179 Å². The lowest BCUT2D eigenvalue weighted by Gasteiger charge is -2.24. The molecule has 0 bridgehead atoms. The Bertz CT molecular complexity index is 972. The second-order valence-electron chi connectivity index (χ2n) is 7.41. The Morgan fingerprint density at radius 1 is 1.03 bits per heavy atom. The van der Waals surface area contributed by atoms with Gasteiger partial charge < -0.3 is 14.8 Å². The van der Waals surface area contributed by atoms with E-state index in [9.17, 15) is 13.2 Å². The summed E-state index contributed by atoms with van der Waals surface area (Å²) in [6.07, 6.45) is 1.09. The fourth-order valence-electron chi connectivity index (χ4n) is 3.10. The molecule has 1 amide bonds. The van der Waals surface area contributed by atoms with Gasteiger partial charge in [0.2, 0.25) is 15.9 Å². The van der Waals surface area contributed by atoms with E-state index in [2.05, 4.69) is 19.2 Å². The third-order valence-corrected chi connectivity index (χ3v) is 5.96. The van der Waals surface area contributed by atoms with E-state index >= 15 is 0 Å². The molecule has 0 saturated carbocycles. The number of sulfonamides is 1. The average Bonchev–Trinajstić information content (AvgIpc) is 2.70. The Hall–Kier alpha value is -2.74. The first-order chi connectivity index (χ1) is 14.1. The molecule has 0 aromatic heterocycles. The number of ether oxygens (including phenoxy) is 2. The lowest BCUT2D eigenvalue weighted by atomic mass is 10.0. The molecule has 7 nitrogen and oxygen atoms in total. The molecule has 1 N–H and O–H groups in total. The Balaban J connectivity index is 2.21. The largest absolute Gasteiger partial charge is 0.497 e. The summed E-state index contributed by atoms with van der Waals surface area (Å²) in [5, 5.41) is 2.84. The number of nitrogens with one attached hydrogen (secondary N) is 1. The predicted molar refractivity (Wildman–Crippen MR) is 119 cm³/mol. The first kappa shape index (κ1) is 23.5. The van der Waals surface area contributed by atoms with Gasteiger partial charge in [0.25, 0.3) is 0 Å². The normalized spacial score (nSPS) is 12.4. The number of amides is 1. The van der Waals surface area contributed by atoms with Crippen LogP contribution in [0.1, 0.15) is 43.9 Å². The molecule has 0 aliphatic carbocycles. The molecule has 0 spiro atoms. The highest BCUT2D eigenvalue weighted by Gasteiger charge is 2.23. The predicted octanol–water partition coefficient (Wildman–Crippen LogP) is 3.47. The number of benzene rings is 2. The van der Waals surface area contributed by atoms with E-state index in [1.807, 2.05) is 12.1 Å². The maximum absolute atomic E-state index is 12.7. The summed E-state index contributed by atoms with van der Waals surface area (Å²) < 4.78 is 36.4. The summed E-state index contributed by atoms with van der Waals surface area (Å²) in [5.74, 6) is 1.14. The first-order valence-corrected chi connectivity index (χ1v) is 11.5. The van der Waals surface area contributed by atoms with E-state index in [4.69, 9.17) is 9.47 Å². The van der Waals surface area contributed by atoms with Gasteiger partial charge in [0.05, 0.1) is 32.2 Å². The number of hydrogen-bond acceptors (Lipinski definition) is 5. The molecule has 0 unspecified atom stereocenters. The van der Waals surface area contributed by atoms with E-state index < -0.39 is 22.0 Å². The van der Waals surface area contributed by atoms with E-state index in [-0.39, 0.29) is 6.54 Å².